The van der Waals surface area contributed by atoms with Crippen molar-refractivity contribution >= 4 is 5.97 Å². The highest BCUT2D eigenvalue weighted by molar-refractivity contribution is 5.66. The number of ether oxygens (including phenoxy) is 1. The Morgan fingerprint density at radius 3 is 2.48 bits per heavy atom. The fourth-order valence-electron chi connectivity index (χ4n) is 6.45. The van der Waals surface area contributed by atoms with Crippen LogP contribution in [0.3, 0.4) is 0 Å². The van der Waals surface area contributed by atoms with Crippen LogP contribution in [-0.4, -0.2) is 40.6 Å². The number of piperidine rings is 2. The van der Waals surface area contributed by atoms with Gasteiger partial charge in [0.2, 0.25) is 0 Å². The first kappa shape index (κ1) is 15.9. The highest BCUT2D eigenvalue weighted by atomic mass is 16.6. The van der Waals surface area contributed by atoms with E-state index in [4.69, 9.17) is 10.5 Å². The summed E-state index contributed by atoms with van der Waals surface area (Å²) < 4.78 is 5.92. The molecule has 2 heterocycles. The standard InChI is InChI=1S/C19H32N2O2/c1-13(22)23-19-7-3-4-14(11-19)8-18(12-19)21-16-5-2-6-17(21)10-15(20)9-16/h14-18H,2-12,20H2,1H3/t14-,15?,16-,17+,18-,19-/m1/s1. The molecule has 2 aliphatic carbocycles. The van der Waals surface area contributed by atoms with Crippen molar-refractivity contribution in [1.82, 2.24) is 4.90 Å². The van der Waals surface area contributed by atoms with Crippen molar-refractivity contribution in [2.75, 3.05) is 0 Å². The Kier molecular flexibility index (Phi) is 4.17. The molecule has 0 aromatic heterocycles. The Morgan fingerprint density at radius 1 is 1.04 bits per heavy atom. The molecule has 0 aromatic rings. The average Bonchev–Trinajstić information content (AvgIpc) is 2.44. The Morgan fingerprint density at radius 2 is 1.78 bits per heavy atom. The zero-order valence-corrected chi connectivity index (χ0v) is 14.5. The first-order valence-corrected chi connectivity index (χ1v) is 9.77. The van der Waals surface area contributed by atoms with Crippen molar-refractivity contribution in [3.8, 4) is 0 Å². The van der Waals surface area contributed by atoms with E-state index >= 15 is 0 Å². The van der Waals surface area contributed by atoms with Gasteiger partial charge in [-0.3, -0.25) is 9.69 Å². The summed E-state index contributed by atoms with van der Waals surface area (Å²) >= 11 is 0. The van der Waals surface area contributed by atoms with Crippen LogP contribution in [0.1, 0.15) is 77.6 Å². The molecule has 2 aliphatic heterocycles. The van der Waals surface area contributed by atoms with Crippen LogP contribution in [0.4, 0.5) is 0 Å². The molecular formula is C19H32N2O2. The molecule has 4 rings (SSSR count). The molecule has 4 aliphatic rings. The first-order valence-electron chi connectivity index (χ1n) is 9.77. The fraction of sp³-hybridized carbons (Fsp3) is 0.947. The molecule has 0 spiro atoms. The van der Waals surface area contributed by atoms with Crippen LogP contribution in [0.15, 0.2) is 0 Å². The van der Waals surface area contributed by atoms with Crippen LogP contribution >= 0.6 is 0 Å². The zero-order chi connectivity index (χ0) is 16.0. The maximum atomic E-state index is 11.7. The van der Waals surface area contributed by atoms with E-state index in [0.29, 0.717) is 24.2 Å². The number of rotatable bonds is 2. The highest BCUT2D eigenvalue weighted by Crippen LogP contribution is 2.49. The predicted molar refractivity (Wildman–Crippen MR) is 90.0 cm³/mol. The van der Waals surface area contributed by atoms with Gasteiger partial charge in [0, 0.05) is 37.5 Å². The monoisotopic (exact) mass is 320 g/mol. The van der Waals surface area contributed by atoms with Gasteiger partial charge in [-0.15, -0.1) is 0 Å². The molecule has 2 saturated heterocycles. The van der Waals surface area contributed by atoms with Crippen molar-refractivity contribution in [3.05, 3.63) is 0 Å². The maximum Gasteiger partial charge on any atom is 0.303 e. The number of nitrogens with zero attached hydrogens (tertiary/aromatic N) is 1. The minimum absolute atomic E-state index is 0.0906. The van der Waals surface area contributed by atoms with Gasteiger partial charge < -0.3 is 10.5 Å². The molecule has 0 amide bonds. The molecule has 130 valence electrons. The number of hydrogen-bond acceptors (Lipinski definition) is 4. The molecule has 4 heteroatoms. The molecule has 1 unspecified atom stereocenters. The summed E-state index contributed by atoms with van der Waals surface area (Å²) in [5.74, 6) is 0.658. The summed E-state index contributed by atoms with van der Waals surface area (Å²) in [6, 6.07) is 2.36. The smallest absolute Gasteiger partial charge is 0.303 e. The first-order chi connectivity index (χ1) is 11.0. The minimum Gasteiger partial charge on any atom is -0.459 e. The summed E-state index contributed by atoms with van der Waals surface area (Å²) in [6.45, 7) is 1.58. The maximum absolute atomic E-state index is 11.7. The quantitative estimate of drug-likeness (QED) is 0.795. The number of carbonyl (C=O) groups excluding carboxylic acids is 1. The second-order valence-electron chi connectivity index (χ2n) is 8.75. The predicted octanol–water partition coefficient (Wildman–Crippen LogP) is 2.99. The van der Waals surface area contributed by atoms with Crippen LogP contribution in [0, 0.1) is 5.92 Å². The van der Waals surface area contributed by atoms with Gasteiger partial charge in [-0.25, -0.2) is 0 Å². The highest BCUT2D eigenvalue weighted by Gasteiger charge is 2.50. The lowest BCUT2D eigenvalue weighted by Gasteiger charge is -2.57. The molecule has 2 saturated carbocycles. The van der Waals surface area contributed by atoms with Gasteiger partial charge in [-0.1, -0.05) is 12.8 Å². The van der Waals surface area contributed by atoms with E-state index in [1.807, 2.05) is 0 Å². The largest absolute Gasteiger partial charge is 0.459 e. The van der Waals surface area contributed by atoms with Crippen molar-refractivity contribution in [2.45, 2.75) is 107 Å². The molecule has 6 atom stereocenters. The van der Waals surface area contributed by atoms with Crippen molar-refractivity contribution in [1.29, 1.82) is 0 Å². The summed E-state index contributed by atoms with van der Waals surface area (Å²) in [6.07, 6.45) is 13.4. The number of nitrogens with two attached hydrogens (primary N) is 1. The Labute approximate surface area is 140 Å². The number of esters is 1. The van der Waals surface area contributed by atoms with Crippen molar-refractivity contribution < 1.29 is 9.53 Å². The molecule has 2 N–H and O–H groups in total. The molecule has 0 aromatic carbocycles. The van der Waals surface area contributed by atoms with E-state index in [-0.39, 0.29) is 11.6 Å². The lowest BCUT2D eigenvalue weighted by atomic mass is 9.65. The third kappa shape index (κ3) is 3.05. The van der Waals surface area contributed by atoms with Crippen LogP contribution in [0.5, 0.6) is 0 Å². The van der Waals surface area contributed by atoms with Gasteiger partial charge in [-0.05, 0) is 57.3 Å². The van der Waals surface area contributed by atoms with Gasteiger partial charge >= 0.3 is 5.97 Å². The van der Waals surface area contributed by atoms with Gasteiger partial charge in [0.15, 0.2) is 0 Å². The number of hydrogen-bond donors (Lipinski definition) is 1. The summed E-state index contributed by atoms with van der Waals surface area (Å²) in [5.41, 5.74) is 6.14. The molecule has 4 bridgehead atoms. The van der Waals surface area contributed by atoms with Crippen LogP contribution < -0.4 is 5.73 Å². The SMILES string of the molecule is CC(=O)O[C@@]12CCC[C@H](C[C@@H](N3[C@@H]4CCC[C@H]3CC(N)C4)C1)C2. The lowest BCUT2D eigenvalue weighted by molar-refractivity contribution is -0.174. The van der Waals surface area contributed by atoms with Gasteiger partial charge in [0.25, 0.3) is 0 Å². The summed E-state index contributed by atoms with van der Waals surface area (Å²) in [4.78, 5) is 14.5. The normalized spacial score (nSPS) is 47.1. The average molecular weight is 320 g/mol. The van der Waals surface area contributed by atoms with E-state index in [2.05, 4.69) is 4.90 Å². The Bertz CT molecular complexity index is 454. The van der Waals surface area contributed by atoms with E-state index in [9.17, 15) is 4.79 Å². The number of fused-ring (bicyclic) bond motifs is 4. The summed E-state index contributed by atoms with van der Waals surface area (Å²) in [5, 5.41) is 0. The fourth-order valence-corrected chi connectivity index (χ4v) is 6.45. The van der Waals surface area contributed by atoms with E-state index in [1.165, 1.54) is 38.5 Å². The van der Waals surface area contributed by atoms with Crippen molar-refractivity contribution in [2.24, 2.45) is 11.7 Å². The van der Waals surface area contributed by atoms with E-state index in [1.54, 1.807) is 6.92 Å². The topological polar surface area (TPSA) is 55.6 Å². The van der Waals surface area contributed by atoms with Gasteiger partial charge in [0.05, 0.1) is 0 Å². The van der Waals surface area contributed by atoms with Crippen LogP contribution in [-0.2, 0) is 9.53 Å². The third-order valence-electron chi connectivity index (χ3n) is 6.97. The third-order valence-corrected chi connectivity index (χ3v) is 6.97. The molecule has 4 nitrogen and oxygen atoms in total. The summed E-state index contributed by atoms with van der Waals surface area (Å²) in [7, 11) is 0. The van der Waals surface area contributed by atoms with E-state index in [0.717, 1.165) is 38.0 Å². The van der Waals surface area contributed by atoms with Crippen LogP contribution in [0.2, 0.25) is 0 Å². The lowest BCUT2D eigenvalue weighted by Crippen LogP contribution is -2.62. The van der Waals surface area contributed by atoms with Gasteiger partial charge in [-0.2, -0.15) is 0 Å². The second kappa shape index (κ2) is 6.03. The second-order valence-corrected chi connectivity index (χ2v) is 8.75. The molecule has 4 fully saturated rings. The van der Waals surface area contributed by atoms with E-state index < -0.39 is 0 Å². The molecule has 0 radical (unpaired) electrons. The Balaban J connectivity index is 1.55. The Hall–Kier alpha value is -0.610. The molecular weight excluding hydrogens is 288 g/mol. The minimum atomic E-state index is -0.161. The van der Waals surface area contributed by atoms with Crippen LogP contribution in [0.25, 0.3) is 0 Å². The van der Waals surface area contributed by atoms with Gasteiger partial charge in [0.1, 0.15) is 5.60 Å². The molecule has 23 heavy (non-hydrogen) atoms. The van der Waals surface area contributed by atoms with Crippen molar-refractivity contribution in [3.63, 3.8) is 0 Å². The zero-order valence-electron chi connectivity index (χ0n) is 14.5. The number of carbonyl (C=O) groups is 1.